The van der Waals surface area contributed by atoms with Crippen LogP contribution in [0.15, 0.2) is 12.2 Å². The van der Waals surface area contributed by atoms with E-state index < -0.39 is 228 Å². The van der Waals surface area contributed by atoms with Gasteiger partial charge in [-0.1, -0.05) is 127 Å². The number of halogens is 18. The molecule has 728 valence electrons. The van der Waals surface area contributed by atoms with Crippen molar-refractivity contribution in [3.63, 3.8) is 0 Å². The molecular formula is C52H83Cl3F15O41S10-5. The van der Waals surface area contributed by atoms with Crippen molar-refractivity contribution in [1.82, 2.24) is 0 Å². The molecule has 1 saturated carbocycles. The van der Waals surface area contributed by atoms with Gasteiger partial charge in [-0.15, -0.1) is 0 Å². The number of unbranched alkanes of at least 4 members (excludes halogenated alkanes) is 8. The molecule has 0 spiro atoms. The zero-order chi connectivity index (χ0) is 98.2. The Kier molecular flexibility index (Phi) is 58.4. The van der Waals surface area contributed by atoms with Gasteiger partial charge >= 0.3 is 100 Å². The predicted octanol–water partition coefficient (Wildman–Crippen LogP) is 6.65. The zero-order valence-electron chi connectivity index (χ0n) is 63.2. The first-order valence-electron chi connectivity index (χ1n) is 32.1. The van der Waals surface area contributed by atoms with Crippen LogP contribution in [0.1, 0.15) is 158 Å². The summed E-state index contributed by atoms with van der Waals surface area (Å²) < 4.78 is 482. The van der Waals surface area contributed by atoms with Gasteiger partial charge in [0.25, 0.3) is 20.2 Å². The highest BCUT2D eigenvalue weighted by atomic mass is 35.6. The molecule has 1 aliphatic carbocycles. The fourth-order valence-corrected chi connectivity index (χ4v) is 8.95. The normalized spacial score (nSPS) is 15.1. The summed E-state index contributed by atoms with van der Waals surface area (Å²) >= 11 is 14.4. The van der Waals surface area contributed by atoms with Crippen LogP contribution >= 0.6 is 34.8 Å². The third-order valence-electron chi connectivity index (χ3n) is 12.5. The molecule has 0 aliphatic heterocycles. The quantitative estimate of drug-likeness (QED) is 0.00574. The van der Waals surface area contributed by atoms with Crippen LogP contribution < -0.4 is 0 Å². The Morgan fingerprint density at radius 2 is 0.736 bits per heavy atom. The van der Waals surface area contributed by atoms with E-state index in [0.717, 1.165) is 45.4 Å². The lowest BCUT2D eigenvalue weighted by atomic mass is 9.82. The second kappa shape index (κ2) is 54.3. The van der Waals surface area contributed by atoms with Gasteiger partial charge in [-0.25, -0.2) is 46.9 Å². The molecule has 0 aromatic carbocycles. The highest BCUT2D eigenvalue weighted by Crippen LogP contribution is 2.36. The van der Waals surface area contributed by atoms with Gasteiger partial charge in [0.05, 0.1) is 18.1 Å². The zero-order valence-corrected chi connectivity index (χ0v) is 73.7. The van der Waals surface area contributed by atoms with Crippen molar-refractivity contribution in [3.8, 4) is 0 Å². The minimum absolute atomic E-state index is 0.0516. The number of esters is 5. The summed E-state index contributed by atoms with van der Waals surface area (Å²) in [5.41, 5.74) is -6.16. The van der Waals surface area contributed by atoms with E-state index >= 15 is 0 Å². The standard InChI is InChI=1S/C13H24F2O5S.C10H18O6S.C8H14F2O5S.C7H12F2O5S.C6H8F2O5S.C4H8F2O6S2.C3H3Cl3F2O6S2.CHF3O3S/c1-2-3-4-5-6-7-8-9-10-12(16)20-11-13(14,15)21(17,18)19;11-7-8-1-3-9(4-2-8)10(12)16-5-6-17(13,14)15;1-7(2,3)4-6(11)15-5-8(9,10)16(12,13)14;1-2-3-4-6(10)14-5-7(8,9)15(11,12)13;1-4(2)5(9)13-3-6(7,8)14(10,11)12;1-2-13(7,8)12-3-4(5,6)14(9,10)11;4-3(5,6)16(12,13)14-1-2(7,8)15(9,10)11;2-1(3,4)8(5,6)7/h2-11H2,1H3,(H,17,18,19);8-9,11H,1-7H2,(H,13,14,15);4-5H2,1-3H3,(H,12,13,14);2-5H2,1H3,(H,11,12,13);1,3H2,2H3,(H,10,11,12);2-3H2,1H3,(H,9,10,11);1H2,(H,9,10,11);(H,5,6,7)/p-5. The van der Waals surface area contributed by atoms with Gasteiger partial charge in [-0.05, 0) is 63.7 Å². The summed E-state index contributed by atoms with van der Waals surface area (Å²) in [6, 6.07) is 0. The van der Waals surface area contributed by atoms with Gasteiger partial charge in [0.15, 0.2) is 77.0 Å². The van der Waals surface area contributed by atoms with Crippen LogP contribution in [0.4, 0.5) is 65.9 Å². The maximum Gasteiger partial charge on any atom is 0.522 e. The van der Waals surface area contributed by atoms with Crippen molar-refractivity contribution in [2.75, 3.05) is 64.4 Å². The Labute approximate surface area is 700 Å². The van der Waals surface area contributed by atoms with Crippen molar-refractivity contribution in [3.05, 3.63) is 12.2 Å². The van der Waals surface area contributed by atoms with E-state index in [1.54, 1.807) is 27.7 Å². The molecule has 0 radical (unpaired) electrons. The van der Waals surface area contributed by atoms with E-state index in [0.29, 0.717) is 32.1 Å². The molecular weight excluding hydrogens is 1990 g/mol. The molecule has 0 amide bonds. The molecule has 0 saturated heterocycles. The van der Waals surface area contributed by atoms with Crippen molar-refractivity contribution in [1.29, 1.82) is 0 Å². The third kappa shape index (κ3) is 62.7. The van der Waals surface area contributed by atoms with E-state index in [1.807, 2.05) is 0 Å². The average molecular weight is 2080 g/mol. The fourth-order valence-electron chi connectivity index (χ4n) is 5.96. The summed E-state index contributed by atoms with van der Waals surface area (Å²) in [7, 11) is -54.1. The summed E-state index contributed by atoms with van der Waals surface area (Å²) in [6.45, 7) is 3.01. The van der Waals surface area contributed by atoms with Crippen LogP contribution in [-0.4, -0.2) is 260 Å². The minimum atomic E-state index is -6.07. The highest BCUT2D eigenvalue weighted by molar-refractivity contribution is 7.93. The first-order chi connectivity index (χ1) is 53.2. The van der Waals surface area contributed by atoms with Crippen molar-refractivity contribution < 1.29 is 248 Å². The highest BCUT2D eigenvalue weighted by Gasteiger charge is 2.48. The van der Waals surface area contributed by atoms with Crippen LogP contribution in [0.3, 0.4) is 0 Å². The van der Waals surface area contributed by atoms with Gasteiger partial charge < -0.3 is 51.6 Å². The smallest absolute Gasteiger partial charge is 0.522 e. The molecule has 69 heteroatoms. The molecule has 0 unspecified atom stereocenters. The van der Waals surface area contributed by atoms with Gasteiger partial charge in [0.2, 0.25) is 0 Å². The largest absolute Gasteiger partial charge is 0.743 e. The first-order valence-corrected chi connectivity index (χ1v) is 47.8. The van der Waals surface area contributed by atoms with E-state index in [-0.39, 0.29) is 49.9 Å². The predicted molar refractivity (Wildman–Crippen MR) is 377 cm³/mol. The van der Waals surface area contributed by atoms with Gasteiger partial charge in [0, 0.05) is 25.0 Å². The summed E-state index contributed by atoms with van der Waals surface area (Å²) in [4.78, 5) is 54.9. The van der Waals surface area contributed by atoms with Crippen molar-refractivity contribution in [2.45, 2.75) is 198 Å². The molecule has 0 aromatic heterocycles. The third-order valence-corrected chi connectivity index (χ3v) is 22.8. The molecule has 0 heterocycles. The van der Waals surface area contributed by atoms with Gasteiger partial charge in [-0.2, -0.15) is 108 Å². The Bertz CT molecular complexity index is 4430. The van der Waals surface area contributed by atoms with E-state index in [9.17, 15) is 188 Å². The van der Waals surface area contributed by atoms with Crippen molar-refractivity contribution in [2.24, 2.45) is 17.3 Å². The Hall–Kier alpha value is -4.03. The molecule has 0 atom stereocenters. The molecule has 4 N–H and O–H groups in total. The molecule has 0 aromatic rings. The van der Waals surface area contributed by atoms with E-state index in [2.05, 4.69) is 40.8 Å². The number of alkyl halides is 18. The second-order valence-electron chi connectivity index (χ2n) is 24.5. The van der Waals surface area contributed by atoms with Crippen LogP contribution in [0.25, 0.3) is 0 Å². The number of carbonyl (C=O) groups is 5. The maximum absolute atomic E-state index is 12.7. The Morgan fingerprint density at radius 3 is 1.02 bits per heavy atom. The van der Waals surface area contributed by atoms with Gasteiger partial charge in [-0.3, -0.25) is 41.2 Å². The van der Waals surface area contributed by atoms with Crippen LogP contribution in [-0.2, 0) is 157 Å². The lowest BCUT2D eigenvalue weighted by Crippen LogP contribution is -2.36. The second-order valence-corrected chi connectivity index (χ2v) is 43.2. The topological polar surface area (TPSA) is 688 Å². The van der Waals surface area contributed by atoms with Crippen LogP contribution in [0.2, 0.25) is 0 Å². The average Bonchev–Trinajstić information content (AvgIpc) is 0.810. The number of aliphatic hydroxyl groups is 1. The lowest BCUT2D eigenvalue weighted by Gasteiger charge is -2.25. The Balaban J connectivity index is -0.000000248. The molecule has 121 heavy (non-hydrogen) atoms. The van der Waals surface area contributed by atoms with Crippen LogP contribution in [0.5, 0.6) is 0 Å². The SMILES string of the molecule is C=C(C)C(=O)OCC(F)(F)S(=O)(=O)O.CC(C)(C)CC(=O)OCC(F)(F)S(=O)(=O)[O-].CCCCC(=O)OCC(F)(F)S(=O)(=O)[O-].CCCCCCCCCCC(=O)OCC(F)(F)S(=O)(=O)[O-].CCS(=O)(=O)OCC(F)(F)S(=O)(=O)[O-].O=C(OCCS(=O)(=O)O)C1CCC(CO)CC1.O=S(=O)(O)C(F)(F)F.O=S(=O)([O-])C(F)(F)COS(=O)(=O)C(Cl)(Cl)Cl. The summed E-state index contributed by atoms with van der Waals surface area (Å²) in [5, 5.41) is -19.0. The van der Waals surface area contributed by atoms with E-state index in [1.165, 1.54) is 26.2 Å². The van der Waals surface area contributed by atoms with E-state index in [4.69, 9.17) is 66.7 Å². The number of rotatable bonds is 40. The Morgan fingerprint density at radius 1 is 0.430 bits per heavy atom. The van der Waals surface area contributed by atoms with Crippen molar-refractivity contribution >= 4 is 166 Å². The number of ether oxygens (including phenoxy) is 5. The fraction of sp³-hybridized carbons (Fsp3) is 0.865. The van der Waals surface area contributed by atoms with Crippen LogP contribution in [0, 0.1) is 17.3 Å². The number of hydrogen-bond acceptors (Lipinski definition) is 38. The lowest BCUT2D eigenvalue weighted by molar-refractivity contribution is -0.152. The summed E-state index contributed by atoms with van der Waals surface area (Å²) in [6.07, 6.45) is 11.8. The monoisotopic (exact) mass is 2070 g/mol. The molecule has 41 nitrogen and oxygen atoms in total. The molecule has 1 aliphatic rings. The molecule has 0 bridgehead atoms. The number of aliphatic hydroxyl groups excluding tert-OH is 1. The number of hydrogen-bond donors (Lipinski definition) is 4. The molecule has 1 rings (SSSR count). The summed E-state index contributed by atoms with van der Waals surface area (Å²) in [5.74, 6) is -5.51. The van der Waals surface area contributed by atoms with Gasteiger partial charge in [0.1, 0.15) is 25.6 Å². The number of carbonyl (C=O) groups excluding carboxylic acids is 5. The minimum Gasteiger partial charge on any atom is -0.743 e. The molecule has 1 fully saturated rings. The first kappa shape index (κ1) is 130. The maximum atomic E-state index is 12.7.